The molecule has 114 valence electrons. The highest BCUT2D eigenvalue weighted by molar-refractivity contribution is 8.18. The first-order valence-electron chi connectivity index (χ1n) is 6.17. The zero-order valence-electron chi connectivity index (χ0n) is 11.9. The molecule has 1 aromatic rings. The maximum Gasteiger partial charge on any atom is 0.331 e. The lowest BCUT2D eigenvalue weighted by atomic mass is 10.2. The second-order valence-corrected chi connectivity index (χ2v) is 5.01. The monoisotopic (exact) mass is 319 g/mol. The second kappa shape index (κ2) is 7.41. The summed E-state index contributed by atoms with van der Waals surface area (Å²) in [6.07, 6.45) is 2.62. The quantitative estimate of drug-likeness (QED) is 0.391. The summed E-state index contributed by atoms with van der Waals surface area (Å²) in [4.78, 5) is 22.9. The molecule has 0 aliphatic carbocycles. The summed E-state index contributed by atoms with van der Waals surface area (Å²) < 4.78 is 9.65. The molecule has 1 N–H and O–H groups in total. The average molecular weight is 319 g/mol. The van der Waals surface area contributed by atoms with E-state index in [0.29, 0.717) is 5.75 Å². The molecule has 2 rings (SSSR count). The van der Waals surface area contributed by atoms with E-state index in [-0.39, 0.29) is 10.1 Å². The Labute approximate surface area is 131 Å². The second-order valence-electron chi connectivity index (χ2n) is 3.98. The normalized spacial score (nSPS) is 18.0. The number of methoxy groups -OCH3 is 2. The van der Waals surface area contributed by atoms with Gasteiger partial charge in [-0.2, -0.15) is 5.10 Å². The summed E-state index contributed by atoms with van der Waals surface area (Å²) in [7, 11) is 2.80. The Morgan fingerprint density at radius 2 is 2.09 bits per heavy atom. The fourth-order valence-corrected chi connectivity index (χ4v) is 2.30. The summed E-state index contributed by atoms with van der Waals surface area (Å²) in [5.74, 6) is -0.348. The molecular formula is C14H13N3O4S. The van der Waals surface area contributed by atoms with E-state index in [9.17, 15) is 9.59 Å². The number of amides is 1. The molecule has 0 spiro atoms. The Morgan fingerprint density at radius 1 is 1.32 bits per heavy atom. The highest BCUT2D eigenvalue weighted by Gasteiger charge is 2.24. The lowest BCUT2D eigenvalue weighted by molar-refractivity contribution is -0.135. The van der Waals surface area contributed by atoms with Crippen LogP contribution < -0.4 is 10.1 Å². The van der Waals surface area contributed by atoms with Gasteiger partial charge in [-0.25, -0.2) is 4.79 Å². The Balaban J connectivity index is 2.09. The first kappa shape index (κ1) is 15.8. The molecule has 0 atom stereocenters. The molecule has 0 radical (unpaired) electrons. The summed E-state index contributed by atoms with van der Waals surface area (Å²) in [5, 5.41) is 10.6. The summed E-state index contributed by atoms with van der Waals surface area (Å²) in [6.45, 7) is 0. The number of esters is 1. The van der Waals surface area contributed by atoms with Crippen LogP contribution in [0, 0.1) is 0 Å². The SMILES string of the molecule is COC(=O)/C=C1/S/C(=N/N=C\c2ccccc2OC)NC1=O. The first-order chi connectivity index (χ1) is 10.6. The molecule has 1 aromatic carbocycles. The van der Waals surface area contributed by atoms with Crippen LogP contribution in [0.2, 0.25) is 0 Å². The van der Waals surface area contributed by atoms with Gasteiger partial charge in [0.2, 0.25) is 0 Å². The van der Waals surface area contributed by atoms with Gasteiger partial charge < -0.3 is 9.47 Å². The summed E-state index contributed by atoms with van der Waals surface area (Å²) >= 11 is 1.01. The fourth-order valence-electron chi connectivity index (χ4n) is 1.56. The van der Waals surface area contributed by atoms with Gasteiger partial charge in [0.1, 0.15) is 5.75 Å². The van der Waals surface area contributed by atoms with Crippen molar-refractivity contribution in [3.63, 3.8) is 0 Å². The zero-order valence-corrected chi connectivity index (χ0v) is 12.7. The Morgan fingerprint density at radius 3 is 2.82 bits per heavy atom. The number of hydrogen-bond acceptors (Lipinski definition) is 7. The van der Waals surface area contributed by atoms with Crippen molar-refractivity contribution in [2.75, 3.05) is 14.2 Å². The van der Waals surface area contributed by atoms with Gasteiger partial charge in [0.15, 0.2) is 5.17 Å². The number of carbonyl (C=O) groups excluding carboxylic acids is 2. The number of rotatable bonds is 4. The molecule has 22 heavy (non-hydrogen) atoms. The van der Waals surface area contributed by atoms with Crippen molar-refractivity contribution in [3.8, 4) is 5.75 Å². The molecule has 1 aliphatic rings. The minimum Gasteiger partial charge on any atom is -0.496 e. The number of para-hydroxylation sites is 1. The van der Waals surface area contributed by atoms with Gasteiger partial charge in [0.25, 0.3) is 5.91 Å². The molecule has 0 bridgehead atoms. The van der Waals surface area contributed by atoms with Crippen LogP contribution in [-0.2, 0) is 14.3 Å². The van der Waals surface area contributed by atoms with Gasteiger partial charge in [-0.05, 0) is 23.9 Å². The molecule has 8 heteroatoms. The van der Waals surface area contributed by atoms with Crippen LogP contribution in [-0.4, -0.2) is 37.5 Å². The molecule has 1 fully saturated rings. The van der Waals surface area contributed by atoms with E-state index < -0.39 is 11.9 Å². The Bertz CT molecular complexity index is 682. The molecule has 1 amide bonds. The third-order valence-electron chi connectivity index (χ3n) is 2.59. The van der Waals surface area contributed by atoms with Crippen molar-refractivity contribution in [2.24, 2.45) is 10.2 Å². The fraction of sp³-hybridized carbons (Fsp3) is 0.143. The number of ether oxygens (including phenoxy) is 2. The van der Waals surface area contributed by atoms with E-state index in [0.717, 1.165) is 23.4 Å². The van der Waals surface area contributed by atoms with Crippen LogP contribution in [0.5, 0.6) is 5.75 Å². The van der Waals surface area contributed by atoms with Crippen molar-refractivity contribution in [3.05, 3.63) is 40.8 Å². The van der Waals surface area contributed by atoms with Gasteiger partial charge in [-0.3, -0.25) is 10.1 Å². The number of hydrogen-bond donors (Lipinski definition) is 1. The first-order valence-corrected chi connectivity index (χ1v) is 6.98. The maximum atomic E-state index is 11.6. The third kappa shape index (κ3) is 3.95. The molecule has 0 saturated carbocycles. The zero-order chi connectivity index (χ0) is 15.9. The van der Waals surface area contributed by atoms with Gasteiger partial charge in [-0.1, -0.05) is 12.1 Å². The predicted molar refractivity (Wildman–Crippen MR) is 83.9 cm³/mol. The number of amidine groups is 1. The lowest BCUT2D eigenvalue weighted by Crippen LogP contribution is -2.19. The highest BCUT2D eigenvalue weighted by Crippen LogP contribution is 2.23. The Hall–Kier alpha value is -2.61. The van der Waals surface area contributed by atoms with Crippen LogP contribution in [0.15, 0.2) is 45.4 Å². The molecule has 1 heterocycles. The van der Waals surface area contributed by atoms with Gasteiger partial charge in [-0.15, -0.1) is 5.10 Å². The highest BCUT2D eigenvalue weighted by atomic mass is 32.2. The van der Waals surface area contributed by atoms with E-state index in [4.69, 9.17) is 4.74 Å². The maximum absolute atomic E-state index is 11.6. The average Bonchev–Trinajstić information content (AvgIpc) is 2.87. The van der Waals surface area contributed by atoms with Crippen LogP contribution in [0.3, 0.4) is 0 Å². The van der Waals surface area contributed by atoms with Crippen LogP contribution in [0.4, 0.5) is 0 Å². The van der Waals surface area contributed by atoms with E-state index in [1.807, 2.05) is 18.2 Å². The van der Waals surface area contributed by atoms with Crippen molar-refractivity contribution in [1.82, 2.24) is 5.32 Å². The van der Waals surface area contributed by atoms with Gasteiger partial charge in [0, 0.05) is 11.6 Å². The van der Waals surface area contributed by atoms with E-state index in [1.54, 1.807) is 13.2 Å². The van der Waals surface area contributed by atoms with Crippen LogP contribution in [0.25, 0.3) is 0 Å². The summed E-state index contributed by atoms with van der Waals surface area (Å²) in [5.41, 5.74) is 0.758. The molecule has 0 unspecified atom stereocenters. The molecule has 1 aliphatic heterocycles. The minimum atomic E-state index is -0.601. The topological polar surface area (TPSA) is 89.3 Å². The van der Waals surface area contributed by atoms with Gasteiger partial charge in [0.05, 0.1) is 25.3 Å². The standard InChI is InChI=1S/C14H13N3O4S/c1-20-10-6-4-3-5-9(10)8-15-17-14-16-13(19)11(22-14)7-12(18)21-2/h3-8H,1-2H3,(H,16,17,19)/b11-7+,15-8-. The van der Waals surface area contributed by atoms with Crippen molar-refractivity contribution in [1.29, 1.82) is 0 Å². The smallest absolute Gasteiger partial charge is 0.331 e. The van der Waals surface area contributed by atoms with Gasteiger partial charge >= 0.3 is 5.97 Å². The van der Waals surface area contributed by atoms with E-state index >= 15 is 0 Å². The van der Waals surface area contributed by atoms with Crippen molar-refractivity contribution in [2.45, 2.75) is 0 Å². The number of thioether (sulfide) groups is 1. The Kier molecular flexibility index (Phi) is 5.31. The minimum absolute atomic E-state index is 0.207. The molecule has 7 nitrogen and oxygen atoms in total. The number of nitrogens with one attached hydrogen (secondary N) is 1. The van der Waals surface area contributed by atoms with Crippen LogP contribution in [0.1, 0.15) is 5.56 Å². The lowest BCUT2D eigenvalue weighted by Gasteiger charge is -2.01. The predicted octanol–water partition coefficient (Wildman–Crippen LogP) is 1.30. The van der Waals surface area contributed by atoms with E-state index in [2.05, 4.69) is 20.3 Å². The van der Waals surface area contributed by atoms with Crippen molar-refractivity contribution >= 4 is 35.0 Å². The molecule has 1 saturated heterocycles. The third-order valence-corrected chi connectivity index (χ3v) is 3.49. The van der Waals surface area contributed by atoms with Crippen LogP contribution >= 0.6 is 11.8 Å². The van der Waals surface area contributed by atoms with Crippen molar-refractivity contribution < 1.29 is 19.1 Å². The number of carbonyl (C=O) groups is 2. The largest absolute Gasteiger partial charge is 0.496 e. The molecular weight excluding hydrogens is 306 g/mol. The summed E-state index contributed by atoms with van der Waals surface area (Å²) in [6, 6.07) is 7.32. The number of benzene rings is 1. The van der Waals surface area contributed by atoms with E-state index in [1.165, 1.54) is 13.3 Å². The number of nitrogens with zero attached hydrogens (tertiary/aromatic N) is 2. The molecule has 0 aromatic heterocycles.